The van der Waals surface area contributed by atoms with E-state index >= 15 is 0 Å². The predicted molar refractivity (Wildman–Crippen MR) is 115 cm³/mol. The number of piperazine rings is 1. The molecule has 1 N–H and O–H groups in total. The SMILES string of the molecule is CN1CCN(c2ccc(C(F)(F)F)cc2NC(=O)C2(C)CC(=O)N=C3C=CC=CN32)CC1. The zero-order valence-corrected chi connectivity index (χ0v) is 17.8. The highest BCUT2D eigenvalue weighted by molar-refractivity contribution is 6.12. The van der Waals surface area contributed by atoms with E-state index in [9.17, 15) is 22.8 Å². The van der Waals surface area contributed by atoms with Crippen LogP contribution in [0.2, 0.25) is 0 Å². The first-order valence-corrected chi connectivity index (χ1v) is 10.3. The van der Waals surface area contributed by atoms with Crippen LogP contribution in [0.1, 0.15) is 18.9 Å². The first-order valence-electron chi connectivity index (χ1n) is 10.3. The third kappa shape index (κ3) is 4.14. The maximum Gasteiger partial charge on any atom is 0.416 e. The minimum atomic E-state index is -4.55. The Morgan fingerprint density at radius 2 is 1.88 bits per heavy atom. The summed E-state index contributed by atoms with van der Waals surface area (Å²) in [6.07, 6.45) is 1.92. The molecule has 1 unspecified atom stereocenters. The number of amides is 2. The number of fused-ring (bicyclic) bond motifs is 1. The maximum atomic E-state index is 13.4. The number of rotatable bonds is 3. The molecule has 1 saturated heterocycles. The van der Waals surface area contributed by atoms with E-state index in [1.807, 2.05) is 11.9 Å². The molecule has 4 rings (SSSR count). The van der Waals surface area contributed by atoms with Gasteiger partial charge in [0.15, 0.2) is 0 Å². The van der Waals surface area contributed by atoms with Crippen molar-refractivity contribution in [2.45, 2.75) is 25.1 Å². The molecule has 1 aromatic carbocycles. The van der Waals surface area contributed by atoms with Crippen molar-refractivity contribution in [1.29, 1.82) is 0 Å². The number of allylic oxidation sites excluding steroid dienone is 2. The molecule has 0 bridgehead atoms. The number of hydrogen-bond donors (Lipinski definition) is 1. The summed E-state index contributed by atoms with van der Waals surface area (Å²) in [5, 5.41) is 2.69. The molecule has 0 aromatic heterocycles. The molecule has 3 aliphatic heterocycles. The lowest BCUT2D eigenvalue weighted by molar-refractivity contribution is -0.137. The summed E-state index contributed by atoms with van der Waals surface area (Å²) in [5.74, 6) is -0.713. The van der Waals surface area contributed by atoms with Crippen LogP contribution in [0.5, 0.6) is 0 Å². The number of aliphatic imine (C=N–C) groups is 1. The largest absolute Gasteiger partial charge is 0.416 e. The normalized spacial score (nSPS) is 23.8. The van der Waals surface area contributed by atoms with Gasteiger partial charge in [-0.3, -0.25) is 9.59 Å². The van der Waals surface area contributed by atoms with Gasteiger partial charge in [0.25, 0.3) is 11.8 Å². The van der Waals surface area contributed by atoms with Crippen LogP contribution in [0.3, 0.4) is 0 Å². The summed E-state index contributed by atoms with van der Waals surface area (Å²) in [7, 11) is 1.98. The van der Waals surface area contributed by atoms with Crippen LogP contribution in [-0.4, -0.2) is 66.2 Å². The predicted octanol–water partition coefficient (Wildman–Crippen LogP) is 2.87. The van der Waals surface area contributed by atoms with E-state index in [-0.39, 0.29) is 12.1 Å². The third-order valence-electron chi connectivity index (χ3n) is 6.01. The molecule has 10 heteroatoms. The lowest BCUT2D eigenvalue weighted by Crippen LogP contribution is -2.58. The zero-order chi connectivity index (χ0) is 23.1. The molecule has 7 nitrogen and oxygen atoms in total. The lowest BCUT2D eigenvalue weighted by atomic mass is 9.91. The van der Waals surface area contributed by atoms with Crippen LogP contribution in [0.4, 0.5) is 24.5 Å². The second-order valence-electron chi connectivity index (χ2n) is 8.36. The molecule has 0 aliphatic carbocycles. The van der Waals surface area contributed by atoms with E-state index in [0.29, 0.717) is 24.6 Å². The van der Waals surface area contributed by atoms with E-state index in [1.54, 1.807) is 36.3 Å². The molecular formula is C22H24F3N5O2. The molecule has 3 aliphatic rings. The van der Waals surface area contributed by atoms with Crippen LogP contribution in [0, 0.1) is 0 Å². The molecule has 32 heavy (non-hydrogen) atoms. The highest BCUT2D eigenvalue weighted by Gasteiger charge is 2.45. The van der Waals surface area contributed by atoms with Gasteiger partial charge in [0.05, 0.1) is 23.4 Å². The van der Waals surface area contributed by atoms with Crippen LogP contribution in [-0.2, 0) is 15.8 Å². The van der Waals surface area contributed by atoms with Gasteiger partial charge in [0, 0.05) is 32.4 Å². The third-order valence-corrected chi connectivity index (χ3v) is 6.01. The summed E-state index contributed by atoms with van der Waals surface area (Å²) in [6, 6.07) is 3.38. The number of carbonyl (C=O) groups is 2. The molecule has 1 atom stereocenters. The average Bonchev–Trinajstić information content (AvgIpc) is 2.73. The number of hydrogen-bond acceptors (Lipinski definition) is 5. The Hall–Kier alpha value is -3.14. The van der Waals surface area contributed by atoms with Gasteiger partial charge in [-0.05, 0) is 44.3 Å². The highest BCUT2D eigenvalue weighted by atomic mass is 19.4. The van der Waals surface area contributed by atoms with E-state index in [4.69, 9.17) is 0 Å². The quantitative estimate of drug-likeness (QED) is 0.772. The summed E-state index contributed by atoms with van der Waals surface area (Å²) >= 11 is 0. The van der Waals surface area contributed by atoms with Crippen molar-refractivity contribution in [3.8, 4) is 0 Å². The van der Waals surface area contributed by atoms with Crippen molar-refractivity contribution in [3.05, 3.63) is 48.2 Å². The zero-order valence-electron chi connectivity index (χ0n) is 17.8. The Morgan fingerprint density at radius 1 is 1.16 bits per heavy atom. The van der Waals surface area contributed by atoms with Crippen molar-refractivity contribution in [2.75, 3.05) is 43.4 Å². The van der Waals surface area contributed by atoms with Crippen LogP contribution >= 0.6 is 0 Å². The fourth-order valence-electron chi connectivity index (χ4n) is 4.07. The number of anilines is 2. The summed E-state index contributed by atoms with van der Waals surface area (Å²) in [5.41, 5.74) is -1.58. The number of nitrogens with one attached hydrogen (secondary N) is 1. The van der Waals surface area contributed by atoms with Gasteiger partial charge in [0.1, 0.15) is 11.4 Å². The van der Waals surface area contributed by atoms with Gasteiger partial charge in [-0.15, -0.1) is 0 Å². The lowest BCUT2D eigenvalue weighted by Gasteiger charge is -2.42. The first kappa shape index (κ1) is 22.1. The van der Waals surface area contributed by atoms with Gasteiger partial charge in [-0.1, -0.05) is 6.08 Å². The fraction of sp³-hybridized carbons (Fsp3) is 0.409. The second-order valence-corrected chi connectivity index (χ2v) is 8.36. The highest BCUT2D eigenvalue weighted by Crippen LogP contribution is 2.37. The Morgan fingerprint density at radius 3 is 2.56 bits per heavy atom. The van der Waals surface area contributed by atoms with Gasteiger partial charge >= 0.3 is 6.18 Å². The summed E-state index contributed by atoms with van der Waals surface area (Å²) in [6.45, 7) is 4.34. The Labute approximate surface area is 183 Å². The van der Waals surface area contributed by atoms with Gasteiger partial charge in [0.2, 0.25) is 0 Å². The Balaban J connectivity index is 1.68. The molecule has 0 spiro atoms. The number of nitrogens with zero attached hydrogens (tertiary/aromatic N) is 4. The van der Waals surface area contributed by atoms with E-state index in [1.165, 1.54) is 6.07 Å². The van der Waals surface area contributed by atoms with Crippen molar-refractivity contribution in [1.82, 2.24) is 9.80 Å². The molecule has 1 aromatic rings. The molecule has 1 fully saturated rings. The number of amidine groups is 1. The Kier molecular flexibility index (Phi) is 5.58. The van der Waals surface area contributed by atoms with Gasteiger partial charge < -0.3 is 20.0 Å². The molecule has 0 saturated carbocycles. The minimum Gasteiger partial charge on any atom is -0.367 e. The van der Waals surface area contributed by atoms with E-state index in [0.717, 1.165) is 25.2 Å². The van der Waals surface area contributed by atoms with Gasteiger partial charge in [-0.2, -0.15) is 18.2 Å². The monoisotopic (exact) mass is 447 g/mol. The van der Waals surface area contributed by atoms with Crippen molar-refractivity contribution < 1.29 is 22.8 Å². The van der Waals surface area contributed by atoms with Crippen LogP contribution in [0.25, 0.3) is 0 Å². The minimum absolute atomic E-state index is 0.0728. The first-order chi connectivity index (χ1) is 15.1. The van der Waals surface area contributed by atoms with Crippen molar-refractivity contribution in [3.63, 3.8) is 0 Å². The molecule has 0 radical (unpaired) electrons. The summed E-state index contributed by atoms with van der Waals surface area (Å²) < 4.78 is 40.2. The molecular weight excluding hydrogens is 423 g/mol. The fourth-order valence-corrected chi connectivity index (χ4v) is 4.07. The van der Waals surface area contributed by atoms with E-state index < -0.39 is 29.1 Å². The second kappa shape index (κ2) is 8.09. The number of carbonyl (C=O) groups excluding carboxylic acids is 2. The number of halogens is 3. The van der Waals surface area contributed by atoms with Gasteiger partial charge in [-0.25, -0.2) is 0 Å². The number of likely N-dealkylation sites (N-methyl/N-ethyl adjacent to an activating group) is 1. The molecule has 3 heterocycles. The molecule has 170 valence electrons. The van der Waals surface area contributed by atoms with Crippen molar-refractivity contribution in [2.24, 2.45) is 4.99 Å². The molecule has 2 amide bonds. The van der Waals surface area contributed by atoms with Crippen molar-refractivity contribution >= 4 is 29.0 Å². The topological polar surface area (TPSA) is 68.2 Å². The number of alkyl halides is 3. The van der Waals surface area contributed by atoms with Crippen LogP contribution < -0.4 is 10.2 Å². The smallest absolute Gasteiger partial charge is 0.367 e. The standard InChI is InChI=1S/C22H24F3N5O2/c1-21(14-19(31)27-18-5-3-4-8-30(18)21)20(32)26-16-13-15(22(23,24)25)6-7-17(16)29-11-9-28(2)10-12-29/h3-8,13H,9-12,14H2,1-2H3,(H,26,32). The number of benzene rings is 1. The summed E-state index contributed by atoms with van der Waals surface area (Å²) in [4.78, 5) is 35.2. The maximum absolute atomic E-state index is 13.4. The van der Waals surface area contributed by atoms with Crippen LogP contribution in [0.15, 0.2) is 47.6 Å². The van der Waals surface area contributed by atoms with E-state index in [2.05, 4.69) is 15.2 Å². The average molecular weight is 447 g/mol. The Bertz CT molecular complexity index is 1020.